The van der Waals surface area contributed by atoms with Crippen LogP contribution in [0.3, 0.4) is 0 Å². The van der Waals surface area contributed by atoms with Crippen molar-refractivity contribution in [2.45, 2.75) is 38.1 Å². The molecule has 2 unspecified atom stereocenters. The SMILES string of the molecule is Cc1nn(C)c(C)c1S(=O)(=O)NC(C)C1CCNC1. The van der Waals surface area contributed by atoms with Gasteiger partial charge in [0.25, 0.3) is 0 Å². The number of hydrogen-bond acceptors (Lipinski definition) is 4. The number of sulfonamides is 1. The van der Waals surface area contributed by atoms with E-state index < -0.39 is 10.0 Å². The van der Waals surface area contributed by atoms with E-state index in [1.165, 1.54) is 0 Å². The summed E-state index contributed by atoms with van der Waals surface area (Å²) in [6.07, 6.45) is 1.01. The zero-order valence-corrected chi connectivity index (χ0v) is 12.7. The lowest BCUT2D eigenvalue weighted by Gasteiger charge is -2.19. The highest BCUT2D eigenvalue weighted by Gasteiger charge is 2.29. The van der Waals surface area contributed by atoms with E-state index in [1.54, 1.807) is 25.6 Å². The minimum atomic E-state index is -3.50. The van der Waals surface area contributed by atoms with Crippen molar-refractivity contribution in [1.82, 2.24) is 19.8 Å². The van der Waals surface area contributed by atoms with Gasteiger partial charge in [0.2, 0.25) is 10.0 Å². The predicted molar refractivity (Wildman–Crippen MR) is 73.4 cm³/mol. The first-order chi connectivity index (χ1) is 8.83. The molecule has 0 radical (unpaired) electrons. The van der Waals surface area contributed by atoms with Gasteiger partial charge in [-0.2, -0.15) is 5.10 Å². The molecule has 0 spiro atoms. The summed E-state index contributed by atoms with van der Waals surface area (Å²) in [5, 5.41) is 7.42. The van der Waals surface area contributed by atoms with Gasteiger partial charge < -0.3 is 5.32 Å². The summed E-state index contributed by atoms with van der Waals surface area (Å²) >= 11 is 0. The largest absolute Gasteiger partial charge is 0.316 e. The molecule has 2 N–H and O–H groups in total. The van der Waals surface area contributed by atoms with Crippen LogP contribution in [0.25, 0.3) is 0 Å². The molecular formula is C12H22N4O2S. The number of nitrogens with one attached hydrogen (secondary N) is 2. The lowest BCUT2D eigenvalue weighted by molar-refractivity contribution is 0.444. The second-order valence-electron chi connectivity index (χ2n) is 5.29. The maximum Gasteiger partial charge on any atom is 0.244 e. The minimum absolute atomic E-state index is 0.0704. The second-order valence-corrected chi connectivity index (χ2v) is 6.94. The van der Waals surface area contributed by atoms with E-state index in [2.05, 4.69) is 15.1 Å². The number of aryl methyl sites for hydroxylation is 2. The summed E-state index contributed by atoms with van der Waals surface area (Å²) in [4.78, 5) is 0.313. The smallest absolute Gasteiger partial charge is 0.244 e. The van der Waals surface area contributed by atoms with E-state index in [0.717, 1.165) is 19.5 Å². The normalized spacial score (nSPS) is 21.8. The third-order valence-corrected chi connectivity index (χ3v) is 5.67. The fraction of sp³-hybridized carbons (Fsp3) is 0.750. The zero-order chi connectivity index (χ0) is 14.2. The Bertz CT molecular complexity index is 559. The fourth-order valence-corrected chi connectivity index (χ4v) is 4.40. The van der Waals surface area contributed by atoms with E-state index in [-0.39, 0.29) is 6.04 Å². The van der Waals surface area contributed by atoms with Crippen molar-refractivity contribution in [3.05, 3.63) is 11.4 Å². The van der Waals surface area contributed by atoms with Gasteiger partial charge in [-0.05, 0) is 46.2 Å². The molecule has 0 amide bonds. The molecule has 1 aliphatic rings. The van der Waals surface area contributed by atoms with E-state index >= 15 is 0 Å². The maximum atomic E-state index is 12.5. The molecule has 0 aromatic carbocycles. The molecule has 1 aromatic rings. The quantitative estimate of drug-likeness (QED) is 0.835. The van der Waals surface area contributed by atoms with Gasteiger partial charge in [0, 0.05) is 13.1 Å². The van der Waals surface area contributed by atoms with Gasteiger partial charge in [0.05, 0.1) is 11.4 Å². The topological polar surface area (TPSA) is 76.0 Å². The van der Waals surface area contributed by atoms with Crippen LogP contribution in [0.4, 0.5) is 0 Å². The standard InChI is InChI=1S/C12H22N4O2S/c1-8(11-5-6-13-7-11)15-19(17,18)12-9(2)14-16(4)10(12)3/h8,11,13,15H,5-7H2,1-4H3. The summed E-state index contributed by atoms with van der Waals surface area (Å²) in [6, 6.07) is -0.0704. The Morgan fingerprint density at radius 2 is 2.16 bits per heavy atom. The molecule has 108 valence electrons. The number of nitrogens with zero attached hydrogens (tertiary/aromatic N) is 2. The second kappa shape index (κ2) is 5.22. The first-order valence-corrected chi connectivity index (χ1v) is 8.04. The van der Waals surface area contributed by atoms with Gasteiger partial charge in [-0.1, -0.05) is 0 Å². The van der Waals surface area contributed by atoms with Crippen molar-refractivity contribution >= 4 is 10.0 Å². The van der Waals surface area contributed by atoms with Crippen molar-refractivity contribution in [2.24, 2.45) is 13.0 Å². The third kappa shape index (κ3) is 2.82. The summed E-state index contributed by atoms with van der Waals surface area (Å²) in [5.74, 6) is 0.354. The van der Waals surface area contributed by atoms with Gasteiger partial charge in [0.1, 0.15) is 4.90 Å². The van der Waals surface area contributed by atoms with Gasteiger partial charge in [-0.25, -0.2) is 13.1 Å². The highest BCUT2D eigenvalue weighted by molar-refractivity contribution is 7.89. The van der Waals surface area contributed by atoms with Crippen LogP contribution < -0.4 is 10.0 Å². The van der Waals surface area contributed by atoms with Crippen LogP contribution in [0.15, 0.2) is 4.90 Å². The van der Waals surface area contributed by atoms with Crippen LogP contribution in [0.2, 0.25) is 0 Å². The molecule has 19 heavy (non-hydrogen) atoms. The first kappa shape index (κ1) is 14.5. The number of hydrogen-bond donors (Lipinski definition) is 2. The molecule has 2 atom stereocenters. The Hall–Kier alpha value is -0.920. The van der Waals surface area contributed by atoms with Crippen molar-refractivity contribution in [3.63, 3.8) is 0 Å². The number of aromatic nitrogens is 2. The van der Waals surface area contributed by atoms with Gasteiger partial charge in [-0.15, -0.1) is 0 Å². The molecular weight excluding hydrogens is 264 g/mol. The summed E-state index contributed by atoms with van der Waals surface area (Å²) < 4.78 is 29.3. The zero-order valence-electron chi connectivity index (χ0n) is 11.9. The third-order valence-electron chi connectivity index (χ3n) is 3.86. The summed E-state index contributed by atoms with van der Waals surface area (Å²) in [7, 11) is -1.74. The molecule has 1 aliphatic heterocycles. The first-order valence-electron chi connectivity index (χ1n) is 6.56. The van der Waals surface area contributed by atoms with Crippen LogP contribution in [-0.2, 0) is 17.1 Å². The molecule has 1 aromatic heterocycles. The van der Waals surface area contributed by atoms with Crippen LogP contribution in [-0.4, -0.2) is 37.3 Å². The maximum absolute atomic E-state index is 12.5. The lowest BCUT2D eigenvalue weighted by Crippen LogP contribution is -2.39. The van der Waals surface area contributed by atoms with E-state index in [0.29, 0.717) is 22.2 Å². The highest BCUT2D eigenvalue weighted by Crippen LogP contribution is 2.21. The van der Waals surface area contributed by atoms with Crippen LogP contribution in [0.1, 0.15) is 24.7 Å². The molecule has 6 nitrogen and oxygen atoms in total. The van der Waals surface area contributed by atoms with E-state index in [4.69, 9.17) is 0 Å². The van der Waals surface area contributed by atoms with Crippen LogP contribution in [0.5, 0.6) is 0 Å². The molecule has 2 rings (SSSR count). The molecule has 0 aliphatic carbocycles. The molecule has 1 fully saturated rings. The van der Waals surface area contributed by atoms with Gasteiger partial charge >= 0.3 is 0 Å². The van der Waals surface area contributed by atoms with Crippen LogP contribution in [0, 0.1) is 19.8 Å². The molecule has 2 heterocycles. The monoisotopic (exact) mass is 286 g/mol. The molecule has 7 heteroatoms. The Morgan fingerprint density at radius 1 is 1.47 bits per heavy atom. The highest BCUT2D eigenvalue weighted by atomic mass is 32.2. The predicted octanol–water partition coefficient (Wildman–Crippen LogP) is 0.313. The minimum Gasteiger partial charge on any atom is -0.316 e. The van der Waals surface area contributed by atoms with Crippen molar-refractivity contribution in [2.75, 3.05) is 13.1 Å². The van der Waals surface area contributed by atoms with Crippen LogP contribution >= 0.6 is 0 Å². The average molecular weight is 286 g/mol. The summed E-state index contributed by atoms with van der Waals surface area (Å²) in [5.41, 5.74) is 1.21. The van der Waals surface area contributed by atoms with E-state index in [1.807, 2.05) is 6.92 Å². The van der Waals surface area contributed by atoms with Gasteiger partial charge in [0.15, 0.2) is 0 Å². The van der Waals surface area contributed by atoms with Gasteiger partial charge in [-0.3, -0.25) is 4.68 Å². The molecule has 0 bridgehead atoms. The number of rotatable bonds is 4. The van der Waals surface area contributed by atoms with Crippen molar-refractivity contribution in [3.8, 4) is 0 Å². The average Bonchev–Trinajstić information content (AvgIpc) is 2.87. The lowest BCUT2D eigenvalue weighted by atomic mass is 10.0. The molecule has 0 saturated carbocycles. The van der Waals surface area contributed by atoms with Crippen molar-refractivity contribution < 1.29 is 8.42 Å². The molecule has 1 saturated heterocycles. The Morgan fingerprint density at radius 3 is 2.63 bits per heavy atom. The fourth-order valence-electron chi connectivity index (χ4n) is 2.65. The summed E-state index contributed by atoms with van der Waals surface area (Å²) in [6.45, 7) is 7.26. The van der Waals surface area contributed by atoms with Crippen molar-refractivity contribution in [1.29, 1.82) is 0 Å². The Kier molecular flexibility index (Phi) is 3.98. The Labute approximate surface area is 114 Å². The Balaban J connectivity index is 2.22. The van der Waals surface area contributed by atoms with E-state index in [9.17, 15) is 8.42 Å².